The Hall–Kier alpha value is -0.520. The van der Waals surface area contributed by atoms with E-state index in [1.807, 2.05) is 6.92 Å². The first-order valence-electron chi connectivity index (χ1n) is 5.75. The van der Waals surface area contributed by atoms with Crippen LogP contribution in [0.1, 0.15) is 18.5 Å². The molecule has 0 amide bonds. The second-order valence-corrected chi connectivity index (χ2v) is 6.10. The molecule has 0 unspecified atom stereocenters. The van der Waals surface area contributed by atoms with Gasteiger partial charge >= 0.3 is 0 Å². The van der Waals surface area contributed by atoms with Gasteiger partial charge in [-0.05, 0) is 44.8 Å². The summed E-state index contributed by atoms with van der Waals surface area (Å²) in [5.41, 5.74) is 0.763. The molecule has 6 heteroatoms. The highest BCUT2D eigenvalue weighted by atomic mass is 35.5. The van der Waals surface area contributed by atoms with Crippen molar-refractivity contribution in [1.82, 2.24) is 15.3 Å². The molecule has 1 aliphatic heterocycles. The van der Waals surface area contributed by atoms with E-state index in [9.17, 15) is 4.21 Å². The number of nitrogens with zero attached hydrogens (tertiary/aromatic N) is 2. The average molecular weight is 274 g/mol. The van der Waals surface area contributed by atoms with Gasteiger partial charge in [-0.1, -0.05) is 11.6 Å². The van der Waals surface area contributed by atoms with Crippen LogP contribution in [0.25, 0.3) is 0 Å². The van der Waals surface area contributed by atoms with E-state index < -0.39 is 10.8 Å². The van der Waals surface area contributed by atoms with Crippen molar-refractivity contribution in [2.75, 3.05) is 18.8 Å². The number of hydrogen-bond donors (Lipinski definition) is 1. The molecule has 1 aromatic rings. The molecule has 1 atom stereocenters. The molecule has 2 heterocycles. The van der Waals surface area contributed by atoms with Crippen LogP contribution in [0, 0.1) is 12.8 Å². The molecular weight excluding hydrogens is 258 g/mol. The predicted molar refractivity (Wildman–Crippen MR) is 68.6 cm³/mol. The van der Waals surface area contributed by atoms with Gasteiger partial charge in [0.2, 0.25) is 5.16 Å². The summed E-state index contributed by atoms with van der Waals surface area (Å²) in [7, 11) is -1.14. The monoisotopic (exact) mass is 273 g/mol. The smallest absolute Gasteiger partial charge is 0.220 e. The van der Waals surface area contributed by atoms with Crippen LogP contribution in [0.3, 0.4) is 0 Å². The minimum Gasteiger partial charge on any atom is -0.317 e. The van der Waals surface area contributed by atoms with Crippen LogP contribution in [0.2, 0.25) is 5.15 Å². The first-order valence-corrected chi connectivity index (χ1v) is 7.45. The molecule has 1 saturated heterocycles. The number of aromatic nitrogens is 2. The van der Waals surface area contributed by atoms with Gasteiger partial charge in [0.15, 0.2) is 0 Å². The van der Waals surface area contributed by atoms with Crippen molar-refractivity contribution >= 4 is 22.4 Å². The minimum atomic E-state index is -1.14. The maximum absolute atomic E-state index is 12.1. The topological polar surface area (TPSA) is 54.9 Å². The Morgan fingerprint density at radius 2 is 2.18 bits per heavy atom. The second kappa shape index (κ2) is 5.89. The summed E-state index contributed by atoms with van der Waals surface area (Å²) in [4.78, 5) is 8.23. The van der Waals surface area contributed by atoms with Crippen LogP contribution in [-0.4, -0.2) is 33.0 Å². The van der Waals surface area contributed by atoms with Gasteiger partial charge in [-0.25, -0.2) is 9.97 Å². The zero-order chi connectivity index (χ0) is 12.3. The van der Waals surface area contributed by atoms with Gasteiger partial charge in [-0.15, -0.1) is 0 Å². The van der Waals surface area contributed by atoms with Crippen LogP contribution < -0.4 is 5.32 Å². The molecule has 1 aliphatic rings. The minimum absolute atomic E-state index is 0.367. The molecular formula is C11H16ClN3OS. The molecule has 0 aliphatic carbocycles. The number of nitrogens with one attached hydrogen (secondary N) is 1. The normalized spacial score (nSPS) is 19.2. The van der Waals surface area contributed by atoms with E-state index in [1.165, 1.54) is 0 Å². The van der Waals surface area contributed by atoms with Crippen molar-refractivity contribution in [3.8, 4) is 0 Å². The molecule has 4 nitrogen and oxygen atoms in total. The standard InChI is InChI=1S/C11H16ClN3OS/c1-8-6-10(12)15-11(14-8)17(16)7-9-2-4-13-5-3-9/h6,9,13H,2-5,7H2,1H3/t17-/m0/s1. The highest BCUT2D eigenvalue weighted by Gasteiger charge is 2.18. The maximum atomic E-state index is 12.1. The SMILES string of the molecule is Cc1cc(Cl)nc([S@@](=O)CC2CCNCC2)n1. The van der Waals surface area contributed by atoms with Gasteiger partial charge < -0.3 is 5.32 Å². The van der Waals surface area contributed by atoms with Crippen molar-refractivity contribution in [3.63, 3.8) is 0 Å². The molecule has 2 rings (SSSR count). The van der Waals surface area contributed by atoms with Crippen LogP contribution in [0.15, 0.2) is 11.2 Å². The molecule has 17 heavy (non-hydrogen) atoms. The predicted octanol–water partition coefficient (Wildman–Crippen LogP) is 1.55. The molecule has 0 aromatic carbocycles. The molecule has 1 fully saturated rings. The zero-order valence-electron chi connectivity index (χ0n) is 9.78. The van der Waals surface area contributed by atoms with Crippen LogP contribution in [0.5, 0.6) is 0 Å². The highest BCUT2D eigenvalue weighted by Crippen LogP contribution is 2.16. The molecule has 94 valence electrons. The average Bonchev–Trinajstić information content (AvgIpc) is 2.29. The summed E-state index contributed by atoms with van der Waals surface area (Å²) >= 11 is 5.84. The van der Waals surface area contributed by atoms with E-state index in [-0.39, 0.29) is 0 Å². The van der Waals surface area contributed by atoms with Gasteiger partial charge in [-0.2, -0.15) is 0 Å². The fourth-order valence-electron chi connectivity index (χ4n) is 1.94. The summed E-state index contributed by atoms with van der Waals surface area (Å²) in [6, 6.07) is 1.67. The van der Waals surface area contributed by atoms with Crippen molar-refractivity contribution in [2.24, 2.45) is 5.92 Å². The second-order valence-electron chi connectivity index (χ2n) is 4.32. The Bertz CT molecular complexity index is 401. The quantitative estimate of drug-likeness (QED) is 0.671. The van der Waals surface area contributed by atoms with E-state index in [1.54, 1.807) is 6.07 Å². The van der Waals surface area contributed by atoms with Gasteiger partial charge in [0.25, 0.3) is 0 Å². The molecule has 0 saturated carbocycles. The molecule has 1 N–H and O–H groups in total. The lowest BCUT2D eigenvalue weighted by molar-refractivity contribution is 0.405. The number of halogens is 1. The fourth-order valence-corrected chi connectivity index (χ4v) is 3.59. The van der Waals surface area contributed by atoms with E-state index >= 15 is 0 Å². The van der Waals surface area contributed by atoms with E-state index in [0.717, 1.165) is 31.6 Å². The number of piperidine rings is 1. The summed E-state index contributed by atoms with van der Waals surface area (Å²) in [5.74, 6) is 1.14. The summed E-state index contributed by atoms with van der Waals surface area (Å²) in [5, 5.41) is 4.03. The Balaban J connectivity index is 2.03. The summed E-state index contributed by atoms with van der Waals surface area (Å²) in [6.45, 7) is 3.85. The lowest BCUT2D eigenvalue weighted by Gasteiger charge is -2.21. The first-order chi connectivity index (χ1) is 8.15. The third-order valence-corrected chi connectivity index (χ3v) is 4.41. The number of aryl methyl sites for hydroxylation is 1. The molecule has 0 bridgehead atoms. The lowest BCUT2D eigenvalue weighted by Crippen LogP contribution is -2.30. The van der Waals surface area contributed by atoms with Gasteiger partial charge in [0.05, 0.1) is 10.8 Å². The van der Waals surface area contributed by atoms with Crippen molar-refractivity contribution < 1.29 is 4.21 Å². The Labute approximate surface area is 109 Å². The molecule has 1 aromatic heterocycles. The molecule has 0 spiro atoms. The van der Waals surface area contributed by atoms with Crippen LogP contribution in [-0.2, 0) is 10.8 Å². The van der Waals surface area contributed by atoms with Crippen molar-refractivity contribution in [3.05, 3.63) is 16.9 Å². The van der Waals surface area contributed by atoms with E-state index in [4.69, 9.17) is 11.6 Å². The maximum Gasteiger partial charge on any atom is 0.220 e. The van der Waals surface area contributed by atoms with E-state index in [2.05, 4.69) is 15.3 Å². The van der Waals surface area contributed by atoms with Crippen molar-refractivity contribution in [2.45, 2.75) is 24.9 Å². The number of rotatable bonds is 3. The van der Waals surface area contributed by atoms with Crippen LogP contribution >= 0.6 is 11.6 Å². The molecule has 0 radical (unpaired) electrons. The lowest BCUT2D eigenvalue weighted by atomic mass is 10.0. The summed E-state index contributed by atoms with van der Waals surface area (Å²) < 4.78 is 12.1. The Morgan fingerprint density at radius 1 is 1.47 bits per heavy atom. The third kappa shape index (κ3) is 3.72. The third-order valence-electron chi connectivity index (χ3n) is 2.85. The van der Waals surface area contributed by atoms with Gasteiger partial charge in [0.1, 0.15) is 5.15 Å². The zero-order valence-corrected chi connectivity index (χ0v) is 11.4. The van der Waals surface area contributed by atoms with E-state index in [0.29, 0.717) is 22.0 Å². The Kier molecular flexibility index (Phi) is 4.48. The highest BCUT2D eigenvalue weighted by molar-refractivity contribution is 7.84. The summed E-state index contributed by atoms with van der Waals surface area (Å²) in [6.07, 6.45) is 2.15. The van der Waals surface area contributed by atoms with Crippen LogP contribution in [0.4, 0.5) is 0 Å². The van der Waals surface area contributed by atoms with Gasteiger partial charge in [-0.3, -0.25) is 4.21 Å². The van der Waals surface area contributed by atoms with Crippen molar-refractivity contribution in [1.29, 1.82) is 0 Å². The Morgan fingerprint density at radius 3 is 2.82 bits per heavy atom. The first kappa shape index (κ1) is 12.9. The largest absolute Gasteiger partial charge is 0.317 e. The number of hydrogen-bond acceptors (Lipinski definition) is 4. The van der Waals surface area contributed by atoms with Gasteiger partial charge in [0, 0.05) is 11.4 Å². The fraction of sp³-hybridized carbons (Fsp3) is 0.636.